The minimum absolute atomic E-state index is 0.0950. The molecule has 1 aliphatic carbocycles. The molecule has 0 saturated heterocycles. The second kappa shape index (κ2) is 8.23. The number of halogens is 3. The van der Waals surface area contributed by atoms with Crippen LogP contribution >= 0.6 is 0 Å². The van der Waals surface area contributed by atoms with Crippen LogP contribution in [0, 0.1) is 12.3 Å². The summed E-state index contributed by atoms with van der Waals surface area (Å²) in [7, 11) is 0. The van der Waals surface area contributed by atoms with Crippen LogP contribution < -0.4 is 10.8 Å². The third kappa shape index (κ3) is 4.29. The van der Waals surface area contributed by atoms with Crippen molar-refractivity contribution in [3.05, 3.63) is 89.0 Å². The Labute approximate surface area is 178 Å². The first-order valence-electron chi connectivity index (χ1n) is 9.76. The first-order chi connectivity index (χ1) is 14.9. The zero-order chi connectivity index (χ0) is 22.0. The van der Waals surface area contributed by atoms with Crippen LogP contribution in [-0.2, 0) is 11.3 Å². The molecule has 0 aliphatic heterocycles. The number of terminal acetylenes is 1. The van der Waals surface area contributed by atoms with Crippen LogP contribution in [0.1, 0.15) is 28.2 Å². The first-order valence-corrected chi connectivity index (χ1v) is 9.76. The second-order valence-corrected chi connectivity index (χ2v) is 7.36. The van der Waals surface area contributed by atoms with Crippen LogP contribution in [0.25, 0.3) is 11.1 Å². The van der Waals surface area contributed by atoms with Gasteiger partial charge in [0.1, 0.15) is 6.61 Å². The molecule has 1 aliphatic rings. The lowest BCUT2D eigenvalue weighted by atomic mass is 9.78. The summed E-state index contributed by atoms with van der Waals surface area (Å²) < 4.78 is 44.7. The summed E-state index contributed by atoms with van der Waals surface area (Å²) in [5.41, 5.74) is 3.96. The second-order valence-electron chi connectivity index (χ2n) is 7.36. The Morgan fingerprint density at radius 3 is 2.19 bits per heavy atom. The van der Waals surface area contributed by atoms with E-state index in [4.69, 9.17) is 11.2 Å². The maximum atomic E-state index is 13.1. The molecule has 4 rings (SSSR count). The van der Waals surface area contributed by atoms with Crippen LogP contribution in [0.3, 0.4) is 0 Å². The Balaban J connectivity index is 1.43. The number of hydrogen-bond acceptors (Lipinski definition) is 2. The average Bonchev–Trinajstić information content (AvgIpc) is 3.09. The number of fused-ring (bicyclic) bond motifs is 3. The molecule has 3 nitrogen and oxygen atoms in total. The van der Waals surface area contributed by atoms with E-state index in [0.29, 0.717) is 0 Å². The molecule has 0 saturated carbocycles. The van der Waals surface area contributed by atoms with Gasteiger partial charge in [-0.15, -0.1) is 11.9 Å². The Bertz CT molecular complexity index is 1140. The highest BCUT2D eigenvalue weighted by Gasteiger charge is 2.29. The maximum absolute atomic E-state index is 13.1. The van der Waals surface area contributed by atoms with Gasteiger partial charge in [0.25, 0.3) is 0 Å². The van der Waals surface area contributed by atoms with Crippen molar-refractivity contribution in [1.82, 2.24) is 5.32 Å². The highest BCUT2D eigenvalue weighted by atomic mass is 19.4. The van der Waals surface area contributed by atoms with Crippen LogP contribution in [0.2, 0.25) is 0 Å². The van der Waals surface area contributed by atoms with E-state index in [1.54, 1.807) is 0 Å². The molecule has 3 aromatic rings. The molecule has 1 N–H and O–H groups in total. The third-order valence-electron chi connectivity index (χ3n) is 5.34. The number of carbonyl (C=O) groups excluding carboxylic acids is 1. The number of ether oxygens (including phenoxy) is 1. The smallest absolute Gasteiger partial charge is 0.449 e. The summed E-state index contributed by atoms with van der Waals surface area (Å²) in [5.74, 6) is 2.12. The topological polar surface area (TPSA) is 38.3 Å². The predicted octanol–water partition coefficient (Wildman–Crippen LogP) is 4.76. The van der Waals surface area contributed by atoms with Crippen LogP contribution in [-0.4, -0.2) is 19.7 Å². The highest BCUT2D eigenvalue weighted by Crippen LogP contribution is 2.44. The Morgan fingerprint density at radius 1 is 1.00 bits per heavy atom. The van der Waals surface area contributed by atoms with E-state index < -0.39 is 18.5 Å². The van der Waals surface area contributed by atoms with E-state index in [0.717, 1.165) is 34.4 Å². The van der Waals surface area contributed by atoms with Crippen LogP contribution in [0.15, 0.2) is 66.7 Å². The number of alkyl carbamates (subject to hydrolysis) is 1. The molecule has 0 atom stereocenters. The van der Waals surface area contributed by atoms with Crippen molar-refractivity contribution >= 4 is 18.5 Å². The molecule has 0 bridgehead atoms. The lowest BCUT2D eigenvalue weighted by Gasteiger charge is -2.17. The van der Waals surface area contributed by atoms with E-state index in [9.17, 15) is 17.7 Å². The lowest BCUT2D eigenvalue weighted by molar-refractivity contribution is 0.142. The van der Waals surface area contributed by atoms with E-state index in [1.807, 2.05) is 48.5 Å². The standard InChI is InChI=1S/C24H18BF3NO2/c1-2-16-11-17(13-18(12-16)25(26,27)28)14-29-24(30)31-15-23-21-9-5-3-7-19(21)20-8-4-6-10-22(20)23/h1,3-13,23H,14-15H2,(H,29,30)/q-1. The highest BCUT2D eigenvalue weighted by molar-refractivity contribution is 6.73. The molecule has 156 valence electrons. The van der Waals surface area contributed by atoms with Crippen molar-refractivity contribution in [2.45, 2.75) is 12.5 Å². The van der Waals surface area contributed by atoms with Gasteiger partial charge in [-0.2, -0.15) is 0 Å². The fourth-order valence-corrected chi connectivity index (χ4v) is 3.92. The van der Waals surface area contributed by atoms with Gasteiger partial charge in [-0.05, 0) is 33.9 Å². The summed E-state index contributed by atoms with van der Waals surface area (Å²) in [4.78, 5) is 12.2. The monoisotopic (exact) mass is 420 g/mol. The molecule has 7 heteroatoms. The summed E-state index contributed by atoms with van der Waals surface area (Å²) in [6, 6.07) is 19.3. The summed E-state index contributed by atoms with van der Waals surface area (Å²) in [6.07, 6.45) is 4.56. The summed E-state index contributed by atoms with van der Waals surface area (Å²) in [6.45, 7) is -5.18. The fourth-order valence-electron chi connectivity index (χ4n) is 3.92. The molecule has 1 amide bonds. The van der Waals surface area contributed by atoms with Gasteiger partial charge in [-0.3, -0.25) is 0 Å². The summed E-state index contributed by atoms with van der Waals surface area (Å²) >= 11 is 0. The van der Waals surface area contributed by atoms with Gasteiger partial charge in [0.2, 0.25) is 0 Å². The third-order valence-corrected chi connectivity index (χ3v) is 5.34. The van der Waals surface area contributed by atoms with Crippen molar-refractivity contribution in [2.24, 2.45) is 0 Å². The van der Waals surface area contributed by atoms with E-state index in [-0.39, 0.29) is 30.2 Å². The van der Waals surface area contributed by atoms with Gasteiger partial charge in [0, 0.05) is 18.0 Å². The lowest BCUT2D eigenvalue weighted by Crippen LogP contribution is -2.35. The molecule has 0 unspecified atom stereocenters. The van der Waals surface area contributed by atoms with Crippen LogP contribution in [0.4, 0.5) is 17.7 Å². The number of carbonyl (C=O) groups is 1. The minimum atomic E-state index is -5.19. The average molecular weight is 420 g/mol. The van der Waals surface area contributed by atoms with E-state index in [1.165, 1.54) is 6.07 Å². The van der Waals surface area contributed by atoms with E-state index in [2.05, 4.69) is 11.2 Å². The fraction of sp³-hybridized carbons (Fsp3) is 0.125. The van der Waals surface area contributed by atoms with Crippen molar-refractivity contribution < 1.29 is 22.5 Å². The number of benzene rings is 3. The van der Waals surface area contributed by atoms with Crippen molar-refractivity contribution in [3.63, 3.8) is 0 Å². The number of amides is 1. The SMILES string of the molecule is C#Cc1cc(CNC(=O)OCC2c3ccccc3-c3ccccc32)cc([B-](F)(F)F)c1. The molecule has 0 heterocycles. The Hall–Kier alpha value is -3.66. The van der Waals surface area contributed by atoms with Gasteiger partial charge in [0.05, 0.1) is 0 Å². The quantitative estimate of drug-likeness (QED) is 0.478. The van der Waals surface area contributed by atoms with Gasteiger partial charge in [-0.25, -0.2) is 4.79 Å². The molecule has 0 spiro atoms. The summed E-state index contributed by atoms with van der Waals surface area (Å²) in [5, 5.41) is 2.51. The molecule has 0 fully saturated rings. The number of rotatable bonds is 5. The molecular weight excluding hydrogens is 402 g/mol. The van der Waals surface area contributed by atoms with E-state index >= 15 is 0 Å². The number of nitrogens with one attached hydrogen (secondary N) is 1. The van der Waals surface area contributed by atoms with Gasteiger partial charge < -0.3 is 23.0 Å². The maximum Gasteiger partial charge on any atom is 0.509 e. The normalized spacial score (nSPS) is 12.6. The molecule has 0 aromatic heterocycles. The predicted molar refractivity (Wildman–Crippen MR) is 115 cm³/mol. The zero-order valence-electron chi connectivity index (χ0n) is 16.4. The molecular formula is C24H18BF3NO2-. The Kier molecular flexibility index (Phi) is 5.47. The molecule has 31 heavy (non-hydrogen) atoms. The largest absolute Gasteiger partial charge is 0.509 e. The van der Waals surface area contributed by atoms with Crippen molar-refractivity contribution in [2.75, 3.05) is 6.61 Å². The minimum Gasteiger partial charge on any atom is -0.449 e. The molecule has 3 aromatic carbocycles. The van der Waals surface area contributed by atoms with Gasteiger partial charge in [0.15, 0.2) is 0 Å². The van der Waals surface area contributed by atoms with Gasteiger partial charge >= 0.3 is 13.1 Å². The zero-order valence-corrected chi connectivity index (χ0v) is 16.4. The van der Waals surface area contributed by atoms with Crippen molar-refractivity contribution in [3.8, 4) is 23.5 Å². The van der Waals surface area contributed by atoms with Crippen molar-refractivity contribution in [1.29, 1.82) is 0 Å². The number of hydrogen-bond donors (Lipinski definition) is 1. The first kappa shape index (κ1) is 20.6. The van der Waals surface area contributed by atoms with Crippen LogP contribution in [0.5, 0.6) is 0 Å². The molecule has 0 radical (unpaired) electrons. The Morgan fingerprint density at radius 2 is 1.61 bits per heavy atom. The van der Waals surface area contributed by atoms with Gasteiger partial charge in [-0.1, -0.05) is 66.6 Å².